The van der Waals surface area contributed by atoms with E-state index in [2.05, 4.69) is 19.8 Å². The molecular weight excluding hydrogens is 607 g/mol. The maximum absolute atomic E-state index is 14.4. The maximum Gasteiger partial charge on any atom is 0.258 e. The minimum atomic E-state index is -2.42. The lowest BCUT2D eigenvalue weighted by Gasteiger charge is -2.54. The predicted molar refractivity (Wildman–Crippen MR) is 179 cm³/mol. The van der Waals surface area contributed by atoms with Crippen LogP contribution in [0.5, 0.6) is 11.5 Å². The van der Waals surface area contributed by atoms with Crippen LogP contribution in [-0.2, 0) is 14.5 Å². The molecule has 1 spiro atoms. The summed E-state index contributed by atoms with van der Waals surface area (Å²) in [7, 11) is -2.42. The largest absolute Gasteiger partial charge is 0.451 e. The number of halogens is 1. The third kappa shape index (κ3) is 8.17. The minimum Gasteiger partial charge on any atom is -0.451 e. The molecule has 3 aliphatic heterocycles. The first-order valence-electron chi connectivity index (χ1n) is 16.8. The monoisotopic (exact) mass is 658 g/mol. The van der Waals surface area contributed by atoms with Gasteiger partial charge in [0.25, 0.3) is 5.91 Å². The number of nitrogens with zero attached hydrogens (tertiary/aromatic N) is 5. The van der Waals surface area contributed by atoms with Crippen molar-refractivity contribution in [2.24, 2.45) is 11.3 Å². The molecule has 10 nitrogen and oxygen atoms in total. The van der Waals surface area contributed by atoms with Crippen molar-refractivity contribution in [3.63, 3.8) is 0 Å². The second-order valence-corrected chi connectivity index (χ2v) is 16.6. The molecule has 1 amide bonds. The lowest BCUT2D eigenvalue weighted by atomic mass is 9.72. The molecular formula is C34H51FN6O4S. The zero-order valence-electron chi connectivity index (χ0n) is 28.0. The number of rotatable bonds is 12. The van der Waals surface area contributed by atoms with Gasteiger partial charge in [-0.15, -0.1) is 0 Å². The van der Waals surface area contributed by atoms with E-state index in [-0.39, 0.29) is 40.8 Å². The van der Waals surface area contributed by atoms with Crippen LogP contribution in [0.2, 0.25) is 0 Å². The highest BCUT2D eigenvalue weighted by molar-refractivity contribution is 7.92. The first-order chi connectivity index (χ1) is 21.9. The second kappa shape index (κ2) is 14.5. The molecule has 3 fully saturated rings. The molecule has 0 radical (unpaired) electrons. The molecule has 1 N–H and O–H groups in total. The van der Waals surface area contributed by atoms with E-state index in [1.54, 1.807) is 11.1 Å². The summed E-state index contributed by atoms with van der Waals surface area (Å²) in [6.07, 6.45) is 8.50. The van der Waals surface area contributed by atoms with Gasteiger partial charge >= 0.3 is 0 Å². The van der Waals surface area contributed by atoms with E-state index in [0.717, 1.165) is 64.8 Å². The van der Waals surface area contributed by atoms with E-state index >= 15 is 0 Å². The Kier molecular flexibility index (Phi) is 10.9. The smallest absolute Gasteiger partial charge is 0.258 e. The van der Waals surface area contributed by atoms with Crippen LogP contribution in [0.1, 0.15) is 77.1 Å². The SMILES string of the molecule is CCS(=N)(=O)CC[C@@H]1CC[C@@H](CN2CCC3(CC2)CN(c2ncncc2Oc2ccc(F)cc2C(=O)N(C(C)C)C(C)C)C3)OC1. The Morgan fingerprint density at radius 1 is 1.17 bits per heavy atom. The Morgan fingerprint density at radius 3 is 2.52 bits per heavy atom. The molecule has 46 heavy (non-hydrogen) atoms. The number of nitrogens with one attached hydrogen (secondary N) is 1. The minimum absolute atomic E-state index is 0.0574. The highest BCUT2D eigenvalue weighted by atomic mass is 32.2. The third-order valence-electron chi connectivity index (χ3n) is 9.92. The van der Waals surface area contributed by atoms with Crippen LogP contribution in [0.4, 0.5) is 10.2 Å². The van der Waals surface area contributed by atoms with E-state index in [9.17, 15) is 13.4 Å². The fraction of sp³-hybridized carbons (Fsp3) is 0.676. The molecule has 1 unspecified atom stereocenters. The van der Waals surface area contributed by atoms with E-state index in [4.69, 9.17) is 14.3 Å². The average molecular weight is 659 g/mol. The van der Waals surface area contributed by atoms with Gasteiger partial charge in [0.1, 0.15) is 17.9 Å². The number of carbonyl (C=O) groups is 1. The van der Waals surface area contributed by atoms with Crippen LogP contribution in [0, 0.1) is 21.9 Å². The maximum atomic E-state index is 14.4. The third-order valence-corrected chi connectivity index (χ3v) is 11.7. The van der Waals surface area contributed by atoms with Gasteiger partial charge in [0, 0.05) is 65.0 Å². The fourth-order valence-corrected chi connectivity index (χ4v) is 8.16. The van der Waals surface area contributed by atoms with E-state index < -0.39 is 15.5 Å². The molecule has 0 saturated carbocycles. The Hall–Kier alpha value is -2.83. The molecule has 3 saturated heterocycles. The summed E-state index contributed by atoms with van der Waals surface area (Å²) in [4.78, 5) is 28.7. The number of carbonyl (C=O) groups excluding carboxylic acids is 1. The summed E-state index contributed by atoms with van der Waals surface area (Å²) in [5.74, 6) is 1.97. The fourth-order valence-electron chi connectivity index (χ4n) is 7.16. The normalized spacial score (nSPS) is 22.9. The summed E-state index contributed by atoms with van der Waals surface area (Å²) < 4.78 is 46.8. The van der Waals surface area contributed by atoms with Crippen molar-refractivity contribution in [1.82, 2.24) is 19.8 Å². The summed E-state index contributed by atoms with van der Waals surface area (Å²) in [6.45, 7) is 15.1. The molecule has 254 valence electrons. The van der Waals surface area contributed by atoms with Crippen molar-refractivity contribution in [2.75, 3.05) is 55.7 Å². The molecule has 1 aromatic heterocycles. The Balaban J connectivity index is 1.15. The topological polar surface area (TPSA) is 112 Å². The zero-order valence-corrected chi connectivity index (χ0v) is 28.9. The molecule has 0 aliphatic carbocycles. The van der Waals surface area contributed by atoms with Crippen LogP contribution < -0.4 is 9.64 Å². The highest BCUT2D eigenvalue weighted by Gasteiger charge is 2.46. The average Bonchev–Trinajstić information content (AvgIpc) is 3.01. The quantitative estimate of drug-likeness (QED) is 0.304. The van der Waals surface area contributed by atoms with Gasteiger partial charge in [-0.25, -0.2) is 18.6 Å². The summed E-state index contributed by atoms with van der Waals surface area (Å²) in [6, 6.07) is 3.94. The molecule has 2 aromatic rings. The van der Waals surface area contributed by atoms with Gasteiger partial charge in [-0.3, -0.25) is 9.57 Å². The van der Waals surface area contributed by atoms with Gasteiger partial charge in [0.15, 0.2) is 11.6 Å². The number of ether oxygens (including phenoxy) is 2. The summed E-state index contributed by atoms with van der Waals surface area (Å²) in [5, 5.41) is 0. The van der Waals surface area contributed by atoms with Gasteiger partial charge < -0.3 is 24.2 Å². The van der Waals surface area contributed by atoms with Crippen LogP contribution in [0.15, 0.2) is 30.7 Å². The van der Waals surface area contributed by atoms with Crippen LogP contribution in [0.25, 0.3) is 0 Å². The van der Waals surface area contributed by atoms with Gasteiger partial charge in [-0.2, -0.15) is 0 Å². The lowest BCUT2D eigenvalue weighted by molar-refractivity contribution is -0.0429. The molecule has 0 bridgehead atoms. The van der Waals surface area contributed by atoms with E-state index in [1.165, 1.54) is 24.5 Å². The number of hydrogen-bond donors (Lipinski definition) is 1. The first-order valence-corrected chi connectivity index (χ1v) is 18.7. The molecule has 1 aromatic carbocycles. The summed E-state index contributed by atoms with van der Waals surface area (Å²) in [5.41, 5.74) is 0.406. The van der Waals surface area contributed by atoms with Crippen molar-refractivity contribution < 1.29 is 22.9 Å². The van der Waals surface area contributed by atoms with Gasteiger partial charge in [-0.1, -0.05) is 6.92 Å². The standard InChI is InChI=1S/C34H51FN6O4S/c1-6-46(36,43)16-11-26-7-9-28(44-20-26)19-39-14-12-34(13-15-39)21-40(22-34)32-31(18-37-23-38-32)45-30-10-8-27(35)17-29(30)33(42)41(24(2)3)25(4)5/h8,10,17-18,23-26,28,36H,6-7,9,11-16,19-22H2,1-5H3/t26-,28-,46?/m0/s1. The number of likely N-dealkylation sites (tertiary alicyclic amines) is 1. The highest BCUT2D eigenvalue weighted by Crippen LogP contribution is 2.45. The zero-order chi connectivity index (χ0) is 33.1. The molecule has 4 heterocycles. The predicted octanol–water partition coefficient (Wildman–Crippen LogP) is 5.82. The number of piperidine rings is 1. The number of amides is 1. The Morgan fingerprint density at radius 2 is 1.89 bits per heavy atom. The number of aromatic nitrogens is 2. The number of benzene rings is 1. The molecule has 3 aliphatic rings. The van der Waals surface area contributed by atoms with Crippen LogP contribution >= 0.6 is 0 Å². The lowest BCUT2D eigenvalue weighted by Crippen LogP contribution is -2.61. The van der Waals surface area contributed by atoms with Gasteiger partial charge in [0.05, 0.1) is 17.9 Å². The Labute approximate surface area is 274 Å². The van der Waals surface area contributed by atoms with Crippen molar-refractivity contribution >= 4 is 21.5 Å². The molecule has 12 heteroatoms. The second-order valence-electron chi connectivity index (χ2n) is 14.0. The van der Waals surface area contributed by atoms with Crippen molar-refractivity contribution in [3.8, 4) is 11.5 Å². The number of hydrogen-bond acceptors (Lipinski definition) is 9. The van der Waals surface area contributed by atoms with Crippen molar-refractivity contribution in [1.29, 1.82) is 4.78 Å². The van der Waals surface area contributed by atoms with Crippen molar-refractivity contribution in [2.45, 2.75) is 84.9 Å². The Bertz CT molecular complexity index is 1440. The van der Waals surface area contributed by atoms with Crippen LogP contribution in [0.3, 0.4) is 0 Å². The van der Waals surface area contributed by atoms with Crippen molar-refractivity contribution in [3.05, 3.63) is 42.1 Å². The molecule has 3 atom stereocenters. The van der Waals surface area contributed by atoms with Crippen LogP contribution in [-0.4, -0.2) is 98.9 Å². The van der Waals surface area contributed by atoms with Gasteiger partial charge in [-0.05, 0) is 97.0 Å². The molecule has 5 rings (SSSR count). The van der Waals surface area contributed by atoms with Gasteiger partial charge in [0.2, 0.25) is 0 Å². The number of anilines is 1. The van der Waals surface area contributed by atoms with E-state index in [0.29, 0.717) is 35.6 Å². The first kappa shape index (κ1) is 34.5. The summed E-state index contributed by atoms with van der Waals surface area (Å²) >= 11 is 0. The van der Waals surface area contributed by atoms with E-state index in [1.807, 2.05) is 34.6 Å².